The number of amides is 2. The smallest absolute Gasteiger partial charge is 0.237 e. The van der Waals surface area contributed by atoms with Crippen molar-refractivity contribution in [2.45, 2.75) is 19.0 Å². The van der Waals surface area contributed by atoms with E-state index in [1.165, 1.54) is 4.88 Å². The Balaban J connectivity index is 1.45. The van der Waals surface area contributed by atoms with Gasteiger partial charge in [0.1, 0.15) is 0 Å². The first-order valence-electron chi connectivity index (χ1n) is 8.67. The molecule has 0 aliphatic carbocycles. The number of pyridine rings is 1. The van der Waals surface area contributed by atoms with E-state index < -0.39 is 6.04 Å². The highest BCUT2D eigenvalue weighted by molar-refractivity contribution is 7.09. The highest BCUT2D eigenvalue weighted by Crippen LogP contribution is 2.17. The SMILES string of the molecule is O=C(C[C@@H]1C(=O)NCCN1Cc1cccs1)NCCNc1cccnc1. The van der Waals surface area contributed by atoms with Crippen molar-refractivity contribution in [3.63, 3.8) is 0 Å². The molecule has 2 amide bonds. The van der Waals surface area contributed by atoms with Crippen LogP contribution >= 0.6 is 11.3 Å². The third-order valence-electron chi connectivity index (χ3n) is 4.20. The van der Waals surface area contributed by atoms with Crippen LogP contribution in [0.15, 0.2) is 42.0 Å². The maximum Gasteiger partial charge on any atom is 0.237 e. The van der Waals surface area contributed by atoms with E-state index in [4.69, 9.17) is 0 Å². The standard InChI is InChI=1S/C18H23N5O2S/c24-17(21-7-6-20-14-3-1-5-19-12-14)11-16-18(25)22-8-9-23(16)13-15-4-2-10-26-15/h1-5,10,12,16,20H,6-9,11,13H2,(H,21,24)(H,22,25)/t16-/m1/s1. The molecule has 0 radical (unpaired) electrons. The molecule has 8 heteroatoms. The summed E-state index contributed by atoms with van der Waals surface area (Å²) in [6.07, 6.45) is 3.62. The number of thiophene rings is 1. The molecule has 3 rings (SSSR count). The monoisotopic (exact) mass is 373 g/mol. The molecule has 3 N–H and O–H groups in total. The van der Waals surface area contributed by atoms with Crippen molar-refractivity contribution in [2.75, 3.05) is 31.5 Å². The van der Waals surface area contributed by atoms with E-state index in [9.17, 15) is 9.59 Å². The van der Waals surface area contributed by atoms with Crippen molar-refractivity contribution < 1.29 is 9.59 Å². The van der Waals surface area contributed by atoms with Gasteiger partial charge in [0.25, 0.3) is 0 Å². The molecule has 1 fully saturated rings. The fraction of sp³-hybridized carbons (Fsp3) is 0.389. The maximum atomic E-state index is 12.3. The molecule has 1 saturated heterocycles. The fourth-order valence-corrected chi connectivity index (χ4v) is 3.63. The van der Waals surface area contributed by atoms with Gasteiger partial charge in [-0.2, -0.15) is 0 Å². The molecule has 0 bridgehead atoms. The number of aromatic nitrogens is 1. The molecule has 1 aliphatic heterocycles. The number of piperazine rings is 1. The van der Waals surface area contributed by atoms with Gasteiger partial charge in [0.15, 0.2) is 0 Å². The van der Waals surface area contributed by atoms with Gasteiger partial charge >= 0.3 is 0 Å². The topological polar surface area (TPSA) is 86.4 Å². The van der Waals surface area contributed by atoms with Gasteiger partial charge in [0.2, 0.25) is 11.8 Å². The number of carbonyl (C=O) groups is 2. The zero-order valence-electron chi connectivity index (χ0n) is 14.5. The summed E-state index contributed by atoms with van der Waals surface area (Å²) in [6.45, 7) is 3.17. The van der Waals surface area contributed by atoms with Crippen LogP contribution < -0.4 is 16.0 Å². The molecule has 7 nitrogen and oxygen atoms in total. The molecule has 2 aromatic rings. The fourth-order valence-electron chi connectivity index (χ4n) is 2.90. The van der Waals surface area contributed by atoms with Crippen molar-refractivity contribution in [1.29, 1.82) is 0 Å². The lowest BCUT2D eigenvalue weighted by Gasteiger charge is -2.34. The second-order valence-corrected chi connectivity index (χ2v) is 7.11. The lowest BCUT2D eigenvalue weighted by atomic mass is 10.1. The van der Waals surface area contributed by atoms with Gasteiger partial charge in [0, 0.05) is 50.0 Å². The first kappa shape index (κ1) is 18.3. The summed E-state index contributed by atoms with van der Waals surface area (Å²) in [5.41, 5.74) is 0.913. The van der Waals surface area contributed by atoms with Gasteiger partial charge in [-0.15, -0.1) is 11.3 Å². The lowest BCUT2D eigenvalue weighted by Crippen LogP contribution is -2.56. The molecule has 1 aliphatic rings. The van der Waals surface area contributed by atoms with Crippen LogP contribution in [0.25, 0.3) is 0 Å². The van der Waals surface area contributed by atoms with Gasteiger partial charge in [-0.3, -0.25) is 19.5 Å². The predicted molar refractivity (Wildman–Crippen MR) is 102 cm³/mol. The van der Waals surface area contributed by atoms with Crippen molar-refractivity contribution in [1.82, 2.24) is 20.5 Å². The molecule has 2 aromatic heterocycles. The Labute approximate surface area is 156 Å². The first-order chi connectivity index (χ1) is 12.7. The number of nitrogens with zero attached hydrogens (tertiary/aromatic N) is 2. The number of nitrogens with one attached hydrogen (secondary N) is 3. The first-order valence-corrected chi connectivity index (χ1v) is 9.55. The lowest BCUT2D eigenvalue weighted by molar-refractivity contribution is -0.134. The summed E-state index contributed by atoms with van der Waals surface area (Å²) in [6, 6.07) is 7.41. The van der Waals surface area contributed by atoms with E-state index in [0.717, 1.165) is 12.2 Å². The number of hydrogen-bond acceptors (Lipinski definition) is 6. The Morgan fingerprint density at radius 2 is 2.27 bits per heavy atom. The largest absolute Gasteiger partial charge is 0.382 e. The minimum Gasteiger partial charge on any atom is -0.382 e. The number of anilines is 1. The summed E-state index contributed by atoms with van der Waals surface area (Å²) in [4.78, 5) is 31.8. The van der Waals surface area contributed by atoms with E-state index in [1.54, 1.807) is 23.7 Å². The zero-order chi connectivity index (χ0) is 18.2. The van der Waals surface area contributed by atoms with Crippen LogP contribution in [0.5, 0.6) is 0 Å². The van der Waals surface area contributed by atoms with Gasteiger partial charge in [0.05, 0.1) is 18.2 Å². The summed E-state index contributed by atoms with van der Waals surface area (Å²) in [5.74, 6) is -0.187. The van der Waals surface area contributed by atoms with Gasteiger partial charge in [-0.25, -0.2) is 0 Å². The molecule has 0 saturated carbocycles. The summed E-state index contributed by atoms with van der Waals surface area (Å²) in [7, 11) is 0. The molecule has 0 aromatic carbocycles. The molecule has 1 atom stereocenters. The normalized spacial score (nSPS) is 17.5. The van der Waals surface area contributed by atoms with Crippen molar-refractivity contribution in [3.8, 4) is 0 Å². The summed E-state index contributed by atoms with van der Waals surface area (Å²) >= 11 is 1.67. The van der Waals surface area contributed by atoms with Crippen molar-refractivity contribution in [2.24, 2.45) is 0 Å². The Hall–Kier alpha value is -2.45. The van der Waals surface area contributed by atoms with E-state index >= 15 is 0 Å². The second kappa shape index (κ2) is 9.30. The quantitative estimate of drug-likeness (QED) is 0.603. The van der Waals surface area contributed by atoms with Crippen LogP contribution in [-0.4, -0.2) is 53.9 Å². The van der Waals surface area contributed by atoms with Gasteiger partial charge in [-0.05, 0) is 23.6 Å². The van der Waals surface area contributed by atoms with E-state index in [0.29, 0.717) is 26.2 Å². The Kier molecular flexibility index (Phi) is 6.56. The van der Waals surface area contributed by atoms with Gasteiger partial charge < -0.3 is 16.0 Å². The molecule has 0 unspecified atom stereocenters. The number of carbonyl (C=O) groups excluding carboxylic acids is 2. The average molecular weight is 373 g/mol. The third kappa shape index (κ3) is 5.27. The maximum absolute atomic E-state index is 12.3. The molecular formula is C18H23N5O2S. The second-order valence-electron chi connectivity index (χ2n) is 6.08. The van der Waals surface area contributed by atoms with E-state index in [1.807, 2.05) is 23.6 Å². The number of hydrogen-bond donors (Lipinski definition) is 3. The predicted octanol–water partition coefficient (Wildman–Crippen LogP) is 1.06. The third-order valence-corrected chi connectivity index (χ3v) is 5.06. The minimum atomic E-state index is -0.419. The molecular weight excluding hydrogens is 350 g/mol. The molecule has 3 heterocycles. The van der Waals surface area contributed by atoms with Crippen LogP contribution in [0.4, 0.5) is 5.69 Å². The van der Waals surface area contributed by atoms with Crippen LogP contribution in [0.3, 0.4) is 0 Å². The summed E-state index contributed by atoms with van der Waals surface area (Å²) in [5, 5.41) is 10.9. The molecule has 26 heavy (non-hydrogen) atoms. The molecule has 0 spiro atoms. The van der Waals surface area contributed by atoms with Crippen molar-refractivity contribution >= 4 is 28.8 Å². The van der Waals surface area contributed by atoms with Crippen molar-refractivity contribution in [3.05, 3.63) is 46.9 Å². The van der Waals surface area contributed by atoms with E-state index in [-0.39, 0.29) is 18.2 Å². The van der Waals surface area contributed by atoms with Gasteiger partial charge in [-0.1, -0.05) is 6.07 Å². The zero-order valence-corrected chi connectivity index (χ0v) is 15.3. The summed E-state index contributed by atoms with van der Waals surface area (Å²) < 4.78 is 0. The van der Waals surface area contributed by atoms with Crippen LogP contribution in [-0.2, 0) is 16.1 Å². The Bertz CT molecular complexity index is 708. The molecule has 138 valence electrons. The Morgan fingerprint density at radius 1 is 1.35 bits per heavy atom. The van der Waals surface area contributed by atoms with Crippen LogP contribution in [0.2, 0.25) is 0 Å². The average Bonchev–Trinajstić information content (AvgIpc) is 3.16. The van der Waals surface area contributed by atoms with Crippen LogP contribution in [0.1, 0.15) is 11.3 Å². The minimum absolute atomic E-state index is 0.0727. The highest BCUT2D eigenvalue weighted by atomic mass is 32.1. The Morgan fingerprint density at radius 3 is 3.04 bits per heavy atom. The van der Waals surface area contributed by atoms with E-state index in [2.05, 4.69) is 31.9 Å². The highest BCUT2D eigenvalue weighted by Gasteiger charge is 2.31. The van der Waals surface area contributed by atoms with Crippen LogP contribution in [0, 0.1) is 0 Å². The number of rotatable bonds is 8.